The summed E-state index contributed by atoms with van der Waals surface area (Å²) in [5, 5.41) is 4.65. The summed E-state index contributed by atoms with van der Waals surface area (Å²) in [6, 6.07) is 0. The van der Waals surface area contributed by atoms with E-state index in [-0.39, 0.29) is 10.8 Å². The second-order valence-corrected chi connectivity index (χ2v) is 5.06. The molecule has 0 aliphatic rings. The quantitative estimate of drug-likeness (QED) is 0.848. The number of thiazole rings is 1. The Balaban J connectivity index is 2.40. The van der Waals surface area contributed by atoms with E-state index in [0.717, 1.165) is 5.69 Å². The van der Waals surface area contributed by atoms with E-state index in [4.69, 9.17) is 0 Å². The van der Waals surface area contributed by atoms with E-state index in [1.165, 1.54) is 11.3 Å². The minimum absolute atomic E-state index is 0.00574. The Kier molecular flexibility index (Phi) is 4.73. The molecular formula is C11H18N2O2S. The Hall–Kier alpha value is -1.10. The normalized spacial score (nSPS) is 10.8. The number of aromatic nitrogens is 1. The summed E-state index contributed by atoms with van der Waals surface area (Å²) in [6.07, 6.45) is 0.365. The summed E-state index contributed by atoms with van der Waals surface area (Å²) < 4.78 is 1.64. The van der Waals surface area contributed by atoms with E-state index in [1.54, 1.807) is 4.57 Å². The van der Waals surface area contributed by atoms with Crippen molar-refractivity contribution < 1.29 is 4.79 Å². The van der Waals surface area contributed by atoms with Gasteiger partial charge in [-0.2, -0.15) is 0 Å². The van der Waals surface area contributed by atoms with Gasteiger partial charge >= 0.3 is 4.87 Å². The number of hydrogen-bond acceptors (Lipinski definition) is 3. The van der Waals surface area contributed by atoms with Crippen LogP contribution in [0.4, 0.5) is 0 Å². The van der Waals surface area contributed by atoms with Crippen molar-refractivity contribution in [3.63, 3.8) is 0 Å². The molecule has 0 atom stereocenters. The van der Waals surface area contributed by atoms with Gasteiger partial charge in [-0.1, -0.05) is 25.2 Å². The van der Waals surface area contributed by atoms with Gasteiger partial charge in [-0.05, 0) is 12.8 Å². The van der Waals surface area contributed by atoms with Gasteiger partial charge in [0.05, 0.1) is 0 Å². The molecule has 1 aromatic heterocycles. The number of amides is 1. The molecule has 0 radical (unpaired) electrons. The van der Waals surface area contributed by atoms with Crippen LogP contribution in [0.2, 0.25) is 0 Å². The minimum Gasteiger partial charge on any atom is -0.356 e. The average molecular weight is 242 g/mol. The van der Waals surface area contributed by atoms with E-state index in [1.807, 2.05) is 26.2 Å². The van der Waals surface area contributed by atoms with Gasteiger partial charge in [0.25, 0.3) is 0 Å². The number of nitrogens with one attached hydrogen (secondary N) is 1. The lowest BCUT2D eigenvalue weighted by Crippen LogP contribution is -2.29. The van der Waals surface area contributed by atoms with Crippen LogP contribution in [0.15, 0.2) is 10.2 Å². The van der Waals surface area contributed by atoms with Crippen molar-refractivity contribution in [2.24, 2.45) is 5.92 Å². The van der Waals surface area contributed by atoms with Crippen molar-refractivity contribution in [3.8, 4) is 0 Å². The molecule has 0 spiro atoms. The largest absolute Gasteiger partial charge is 0.356 e. The van der Waals surface area contributed by atoms with Crippen LogP contribution in [0, 0.1) is 12.8 Å². The van der Waals surface area contributed by atoms with E-state index < -0.39 is 0 Å². The van der Waals surface area contributed by atoms with Crippen molar-refractivity contribution in [2.75, 3.05) is 6.54 Å². The molecule has 0 fully saturated rings. The minimum atomic E-state index is 0.00574. The van der Waals surface area contributed by atoms with Gasteiger partial charge in [-0.3, -0.25) is 9.59 Å². The maximum Gasteiger partial charge on any atom is 0.307 e. The van der Waals surface area contributed by atoms with Crippen LogP contribution in [0.5, 0.6) is 0 Å². The molecule has 0 aromatic carbocycles. The highest BCUT2D eigenvalue weighted by molar-refractivity contribution is 7.07. The number of carbonyl (C=O) groups excluding carboxylic acids is 1. The first-order valence-electron chi connectivity index (χ1n) is 5.42. The third-order valence-electron chi connectivity index (χ3n) is 2.25. The van der Waals surface area contributed by atoms with Crippen LogP contribution in [0.3, 0.4) is 0 Å². The molecule has 1 rings (SSSR count). The summed E-state index contributed by atoms with van der Waals surface area (Å²) in [7, 11) is 0. The van der Waals surface area contributed by atoms with Crippen LogP contribution >= 0.6 is 11.3 Å². The topological polar surface area (TPSA) is 51.1 Å². The fourth-order valence-electron chi connectivity index (χ4n) is 1.29. The van der Waals surface area contributed by atoms with Gasteiger partial charge in [0, 0.05) is 30.6 Å². The summed E-state index contributed by atoms with van der Waals surface area (Å²) in [6.45, 7) is 7.14. The number of nitrogens with zero attached hydrogens (tertiary/aromatic N) is 1. The lowest BCUT2D eigenvalue weighted by Gasteiger charge is -2.08. The molecule has 1 amide bonds. The van der Waals surface area contributed by atoms with Crippen LogP contribution in [0.1, 0.15) is 26.0 Å². The molecule has 16 heavy (non-hydrogen) atoms. The van der Waals surface area contributed by atoms with E-state index in [9.17, 15) is 9.59 Å². The Morgan fingerprint density at radius 3 is 2.75 bits per heavy atom. The number of aryl methyl sites for hydroxylation is 1. The molecule has 4 nitrogen and oxygen atoms in total. The molecule has 0 bridgehead atoms. The first-order chi connectivity index (χ1) is 7.50. The monoisotopic (exact) mass is 242 g/mol. The highest BCUT2D eigenvalue weighted by Crippen LogP contribution is 2.00. The molecule has 90 valence electrons. The van der Waals surface area contributed by atoms with Gasteiger partial charge < -0.3 is 9.88 Å². The molecule has 0 aliphatic heterocycles. The molecule has 1 aromatic rings. The molecule has 1 N–H and O–H groups in total. The predicted molar refractivity (Wildman–Crippen MR) is 65.8 cm³/mol. The summed E-state index contributed by atoms with van der Waals surface area (Å²) >= 11 is 1.18. The third kappa shape index (κ3) is 3.81. The second-order valence-electron chi connectivity index (χ2n) is 4.24. The lowest BCUT2D eigenvalue weighted by atomic mass is 10.2. The van der Waals surface area contributed by atoms with Crippen LogP contribution in [-0.4, -0.2) is 17.0 Å². The zero-order valence-corrected chi connectivity index (χ0v) is 10.8. The summed E-state index contributed by atoms with van der Waals surface area (Å²) in [5.74, 6) is 0.459. The van der Waals surface area contributed by atoms with Crippen LogP contribution in [0.25, 0.3) is 0 Å². The fraction of sp³-hybridized carbons (Fsp3) is 0.636. The standard InChI is InChI=1S/C11H18N2O2S/c1-8(2)6-12-10(14)4-5-13-9(3)7-16-11(13)15/h7-8H,4-6H2,1-3H3,(H,12,14). The molecule has 0 saturated heterocycles. The van der Waals surface area contributed by atoms with Gasteiger partial charge in [-0.25, -0.2) is 0 Å². The number of rotatable bonds is 5. The van der Waals surface area contributed by atoms with Gasteiger partial charge in [-0.15, -0.1) is 0 Å². The first kappa shape index (κ1) is 13.0. The molecule has 0 saturated carbocycles. The molecular weight excluding hydrogens is 224 g/mol. The van der Waals surface area contributed by atoms with Crippen LogP contribution < -0.4 is 10.2 Å². The van der Waals surface area contributed by atoms with Gasteiger partial charge in [0.1, 0.15) is 0 Å². The summed E-state index contributed by atoms with van der Waals surface area (Å²) in [5.41, 5.74) is 0.923. The first-order valence-corrected chi connectivity index (χ1v) is 6.30. The molecule has 0 unspecified atom stereocenters. The van der Waals surface area contributed by atoms with Crippen molar-refractivity contribution >= 4 is 17.2 Å². The number of carbonyl (C=O) groups is 1. The lowest BCUT2D eigenvalue weighted by molar-refractivity contribution is -0.121. The highest BCUT2D eigenvalue weighted by atomic mass is 32.1. The zero-order chi connectivity index (χ0) is 12.1. The number of hydrogen-bond donors (Lipinski definition) is 1. The molecule has 0 aliphatic carbocycles. The Bertz CT molecular complexity index is 406. The zero-order valence-electron chi connectivity index (χ0n) is 9.95. The van der Waals surface area contributed by atoms with E-state index in [2.05, 4.69) is 5.32 Å². The van der Waals surface area contributed by atoms with Crippen molar-refractivity contribution in [2.45, 2.75) is 33.7 Å². The Morgan fingerprint density at radius 1 is 1.56 bits per heavy atom. The van der Waals surface area contributed by atoms with Gasteiger partial charge in [0.15, 0.2) is 0 Å². The third-order valence-corrected chi connectivity index (χ3v) is 3.13. The smallest absolute Gasteiger partial charge is 0.307 e. The second kappa shape index (κ2) is 5.84. The Labute approximate surface area is 99.3 Å². The maximum atomic E-state index is 11.4. The van der Waals surface area contributed by atoms with Crippen molar-refractivity contribution in [1.82, 2.24) is 9.88 Å². The molecule has 5 heteroatoms. The average Bonchev–Trinajstić information content (AvgIpc) is 2.53. The van der Waals surface area contributed by atoms with Crippen molar-refractivity contribution in [1.29, 1.82) is 0 Å². The van der Waals surface area contributed by atoms with E-state index in [0.29, 0.717) is 25.4 Å². The van der Waals surface area contributed by atoms with Crippen LogP contribution in [-0.2, 0) is 11.3 Å². The van der Waals surface area contributed by atoms with E-state index >= 15 is 0 Å². The van der Waals surface area contributed by atoms with Gasteiger partial charge in [0.2, 0.25) is 5.91 Å². The SMILES string of the molecule is Cc1csc(=O)n1CCC(=O)NCC(C)C. The highest BCUT2D eigenvalue weighted by Gasteiger charge is 2.06. The summed E-state index contributed by atoms with van der Waals surface area (Å²) in [4.78, 5) is 22.8. The predicted octanol–water partition coefficient (Wildman–Crippen LogP) is 1.38. The Morgan fingerprint density at radius 2 is 2.25 bits per heavy atom. The maximum absolute atomic E-state index is 11.4. The molecule has 1 heterocycles. The fourth-order valence-corrected chi connectivity index (χ4v) is 2.06. The van der Waals surface area contributed by atoms with Crippen molar-refractivity contribution in [3.05, 3.63) is 20.7 Å².